The number of ether oxygens (including phenoxy) is 1. The predicted molar refractivity (Wildman–Crippen MR) is 113 cm³/mol. The van der Waals surface area contributed by atoms with E-state index >= 15 is 0 Å². The van der Waals surface area contributed by atoms with E-state index in [1.807, 2.05) is 12.1 Å². The molecule has 0 saturated carbocycles. The van der Waals surface area contributed by atoms with Crippen LogP contribution < -0.4 is 9.80 Å². The molecule has 6 heterocycles. The molecule has 2 aromatic rings. The first kappa shape index (κ1) is 19.9. The zero-order valence-corrected chi connectivity index (χ0v) is 18.8. The van der Waals surface area contributed by atoms with Crippen molar-refractivity contribution >= 4 is 26.7 Å². The number of piperidine rings is 2. The Bertz CT molecular complexity index is 1140. The van der Waals surface area contributed by atoms with Crippen molar-refractivity contribution in [2.45, 2.75) is 24.9 Å². The van der Waals surface area contributed by atoms with Crippen molar-refractivity contribution in [3.8, 4) is 0 Å². The summed E-state index contributed by atoms with van der Waals surface area (Å²) in [6, 6.07) is 5.42. The first-order chi connectivity index (χ1) is 14.7. The SMILES string of the molecule is CC12C[NH+]3CC(C)(C[NH+](C1)C3c1c[nH]c3ccc(S(=O)(=O)N4CCOCC4)cc13)C2=O. The maximum atomic E-state index is 13.2. The highest BCUT2D eigenvalue weighted by molar-refractivity contribution is 7.89. The number of hydrogen-bond donors (Lipinski definition) is 3. The third-order valence-corrected chi connectivity index (χ3v) is 9.88. The van der Waals surface area contributed by atoms with E-state index < -0.39 is 10.0 Å². The average molecular weight is 447 g/mol. The monoisotopic (exact) mass is 446 g/mol. The van der Waals surface area contributed by atoms with Crippen LogP contribution in [0.2, 0.25) is 0 Å². The number of aromatic amines is 1. The minimum atomic E-state index is -3.54. The number of carbonyl (C=O) groups excluding carboxylic acids is 1. The van der Waals surface area contributed by atoms with Crippen LogP contribution in [0, 0.1) is 10.8 Å². The smallest absolute Gasteiger partial charge is 0.243 e. The Kier molecular flexibility index (Phi) is 4.09. The Morgan fingerprint density at radius 1 is 1.06 bits per heavy atom. The fraction of sp³-hybridized carbons (Fsp3) is 0.591. The van der Waals surface area contributed by atoms with Gasteiger partial charge in [0, 0.05) is 30.2 Å². The van der Waals surface area contributed by atoms with Crippen molar-refractivity contribution in [2.24, 2.45) is 10.8 Å². The Morgan fingerprint density at radius 3 is 2.29 bits per heavy atom. The minimum absolute atomic E-state index is 0.226. The van der Waals surface area contributed by atoms with Crippen molar-refractivity contribution in [2.75, 3.05) is 52.5 Å². The molecule has 9 heteroatoms. The highest BCUT2D eigenvalue weighted by Crippen LogP contribution is 2.37. The number of ketones is 1. The maximum absolute atomic E-state index is 13.2. The molecule has 7 rings (SSSR count). The van der Waals surface area contributed by atoms with Gasteiger partial charge in [0.25, 0.3) is 0 Å². The van der Waals surface area contributed by atoms with Gasteiger partial charge in [0.1, 0.15) is 10.8 Å². The summed E-state index contributed by atoms with van der Waals surface area (Å²) >= 11 is 0. The summed E-state index contributed by atoms with van der Waals surface area (Å²) in [6.45, 7) is 9.34. The summed E-state index contributed by atoms with van der Waals surface area (Å²) < 4.78 is 33.3. The summed E-state index contributed by atoms with van der Waals surface area (Å²) in [5, 5.41) is 0.980. The van der Waals surface area contributed by atoms with Crippen LogP contribution in [0.25, 0.3) is 10.9 Å². The average Bonchev–Trinajstić information content (AvgIpc) is 3.15. The van der Waals surface area contributed by atoms with Crippen LogP contribution >= 0.6 is 0 Å². The lowest BCUT2D eigenvalue weighted by atomic mass is 9.62. The lowest BCUT2D eigenvalue weighted by Gasteiger charge is -2.58. The van der Waals surface area contributed by atoms with Crippen LogP contribution in [0.15, 0.2) is 29.3 Å². The van der Waals surface area contributed by atoms with Crippen LogP contribution in [-0.4, -0.2) is 76.0 Å². The van der Waals surface area contributed by atoms with E-state index in [-0.39, 0.29) is 17.0 Å². The van der Waals surface area contributed by atoms with E-state index in [1.54, 1.807) is 6.07 Å². The molecule has 5 aliphatic rings. The number of nitrogens with zero attached hydrogens (tertiary/aromatic N) is 1. The first-order valence-electron chi connectivity index (χ1n) is 11.1. The number of carbonyl (C=O) groups is 1. The number of quaternary nitrogens is 2. The standard InChI is InChI=1S/C22H28N4O4S/c1-21-11-24-13-22(2,20(21)27)14-25(12-21)19(24)17-10-23-18-4-3-15(9-16(17)18)31(28,29)26-5-7-30-8-6-26/h3-4,9-10,19,23H,5-8,11-14H2,1-2H3/p+2. The molecule has 5 aliphatic heterocycles. The van der Waals surface area contributed by atoms with Gasteiger partial charge in [-0.2, -0.15) is 4.31 Å². The zero-order valence-electron chi connectivity index (χ0n) is 18.0. The van der Waals surface area contributed by atoms with Crippen molar-refractivity contribution < 1.29 is 27.7 Å². The molecule has 3 N–H and O–H groups in total. The van der Waals surface area contributed by atoms with E-state index in [0.29, 0.717) is 37.0 Å². The second-order valence-electron chi connectivity index (χ2n) is 10.4. The molecule has 8 nitrogen and oxygen atoms in total. The van der Waals surface area contributed by atoms with E-state index in [0.717, 1.165) is 42.6 Å². The third-order valence-electron chi connectivity index (χ3n) is 7.99. The minimum Gasteiger partial charge on any atom is -0.379 e. The summed E-state index contributed by atoms with van der Waals surface area (Å²) in [6.07, 6.45) is 2.28. The van der Waals surface area contributed by atoms with Gasteiger partial charge in [0.15, 0.2) is 5.78 Å². The van der Waals surface area contributed by atoms with Crippen LogP contribution in [0.4, 0.5) is 0 Å². The number of aromatic nitrogens is 1. The number of nitrogens with one attached hydrogen (secondary N) is 3. The lowest BCUT2D eigenvalue weighted by Crippen LogP contribution is -3.41. The predicted octanol–water partition coefficient (Wildman–Crippen LogP) is -1.42. The molecule has 0 aliphatic carbocycles. The number of benzene rings is 1. The van der Waals surface area contributed by atoms with Gasteiger partial charge in [-0.15, -0.1) is 0 Å². The van der Waals surface area contributed by atoms with Crippen molar-refractivity contribution in [3.05, 3.63) is 30.0 Å². The molecule has 5 saturated heterocycles. The summed E-state index contributed by atoms with van der Waals surface area (Å²) in [5.74, 6) is 0.434. The number of morpholine rings is 1. The molecule has 4 bridgehead atoms. The van der Waals surface area contributed by atoms with Gasteiger partial charge in [0.2, 0.25) is 16.2 Å². The van der Waals surface area contributed by atoms with Crippen molar-refractivity contribution in [1.29, 1.82) is 0 Å². The summed E-state index contributed by atoms with van der Waals surface area (Å²) in [7, 11) is -3.54. The second kappa shape index (κ2) is 6.39. The zero-order chi connectivity index (χ0) is 21.6. The molecule has 0 unspecified atom stereocenters. The Balaban J connectivity index is 1.40. The number of Topliss-reactive ketones (excluding diaryl/α,β-unsaturated/α-hetero) is 1. The highest BCUT2D eigenvalue weighted by Gasteiger charge is 2.68. The van der Waals surface area contributed by atoms with Gasteiger partial charge in [0.05, 0.1) is 49.9 Å². The molecule has 1 aromatic heterocycles. The van der Waals surface area contributed by atoms with E-state index in [9.17, 15) is 13.2 Å². The van der Waals surface area contributed by atoms with Gasteiger partial charge in [-0.25, -0.2) is 8.42 Å². The van der Waals surface area contributed by atoms with Crippen LogP contribution in [0.5, 0.6) is 0 Å². The summed E-state index contributed by atoms with van der Waals surface area (Å²) in [5.41, 5.74) is 1.63. The molecule has 0 atom stereocenters. The quantitative estimate of drug-likeness (QED) is 0.540. The molecule has 166 valence electrons. The molecule has 31 heavy (non-hydrogen) atoms. The number of hydrogen-bond acceptors (Lipinski definition) is 4. The van der Waals surface area contributed by atoms with Gasteiger partial charge < -0.3 is 9.72 Å². The molecule has 1 aromatic carbocycles. The number of rotatable bonds is 3. The fourth-order valence-corrected chi connectivity index (χ4v) is 8.33. The van der Waals surface area contributed by atoms with E-state index in [1.165, 1.54) is 14.1 Å². The van der Waals surface area contributed by atoms with Gasteiger partial charge >= 0.3 is 0 Å². The molecule has 5 fully saturated rings. The Morgan fingerprint density at radius 2 is 1.68 bits per heavy atom. The number of H-pyrrole nitrogens is 1. The normalized spacial score (nSPS) is 38.3. The van der Waals surface area contributed by atoms with Gasteiger partial charge in [-0.05, 0) is 32.0 Å². The molecule has 0 amide bonds. The van der Waals surface area contributed by atoms with E-state index in [4.69, 9.17) is 4.74 Å². The third kappa shape index (κ3) is 2.74. The highest BCUT2D eigenvalue weighted by atomic mass is 32.2. The molecular weight excluding hydrogens is 416 g/mol. The van der Waals surface area contributed by atoms with Crippen LogP contribution in [0.1, 0.15) is 25.6 Å². The van der Waals surface area contributed by atoms with Gasteiger partial charge in [-0.3, -0.25) is 14.6 Å². The lowest BCUT2D eigenvalue weighted by molar-refractivity contribution is -1.18. The Hall–Kier alpha value is -1.78. The topological polar surface area (TPSA) is 88.3 Å². The maximum Gasteiger partial charge on any atom is 0.243 e. The van der Waals surface area contributed by atoms with Crippen LogP contribution in [-0.2, 0) is 19.6 Å². The molecule has 0 spiro atoms. The van der Waals surface area contributed by atoms with Crippen LogP contribution in [0.3, 0.4) is 0 Å². The fourth-order valence-electron chi connectivity index (χ4n) is 6.90. The number of fused-ring (bicyclic) bond motifs is 1. The molecular formula is C22H30N4O4S+2. The second-order valence-corrected chi connectivity index (χ2v) is 12.3. The summed E-state index contributed by atoms with van der Waals surface area (Å²) in [4.78, 5) is 19.6. The first-order valence-corrected chi connectivity index (χ1v) is 12.6. The van der Waals surface area contributed by atoms with Crippen molar-refractivity contribution in [1.82, 2.24) is 9.29 Å². The largest absolute Gasteiger partial charge is 0.379 e. The van der Waals surface area contributed by atoms with Gasteiger partial charge in [-0.1, -0.05) is 0 Å². The Labute approximate surface area is 182 Å². The number of sulfonamides is 1. The van der Waals surface area contributed by atoms with E-state index in [2.05, 4.69) is 25.0 Å². The molecule has 0 radical (unpaired) electrons. The van der Waals surface area contributed by atoms with Crippen molar-refractivity contribution in [3.63, 3.8) is 0 Å².